The van der Waals surface area contributed by atoms with Gasteiger partial charge in [-0.25, -0.2) is 0 Å². The van der Waals surface area contributed by atoms with Crippen molar-refractivity contribution in [3.05, 3.63) is 0 Å². The van der Waals surface area contributed by atoms with Crippen molar-refractivity contribution in [2.45, 2.75) is 30.2 Å². The average Bonchev–Trinajstić information content (AvgIpc) is 2.72. The molecule has 76 valence electrons. The van der Waals surface area contributed by atoms with Gasteiger partial charge in [-0.3, -0.25) is 0 Å². The van der Waals surface area contributed by atoms with Crippen molar-refractivity contribution in [2.75, 3.05) is 19.6 Å². The zero-order valence-electron chi connectivity index (χ0n) is 7.74. The van der Waals surface area contributed by atoms with Crippen LogP contribution in [0.15, 0.2) is 0 Å². The van der Waals surface area contributed by atoms with Gasteiger partial charge in [0, 0.05) is 30.3 Å². The Kier molecular flexibility index (Phi) is 3.14. The Morgan fingerprint density at radius 2 is 2.23 bits per heavy atom. The second-order valence-electron chi connectivity index (χ2n) is 4.15. The van der Waals surface area contributed by atoms with Gasteiger partial charge in [0.2, 0.25) is 0 Å². The van der Waals surface area contributed by atoms with E-state index in [-0.39, 0.29) is 12.1 Å². The monoisotopic (exact) mass is 202 g/mol. The molecule has 2 aliphatic heterocycles. The van der Waals surface area contributed by atoms with E-state index in [4.69, 9.17) is 0 Å². The Morgan fingerprint density at radius 1 is 1.38 bits per heavy atom. The van der Waals surface area contributed by atoms with Gasteiger partial charge in [0.05, 0.1) is 6.10 Å². The van der Waals surface area contributed by atoms with E-state index >= 15 is 0 Å². The van der Waals surface area contributed by atoms with E-state index in [2.05, 4.69) is 23.3 Å². The molecule has 0 aromatic carbocycles. The van der Waals surface area contributed by atoms with Crippen LogP contribution in [0.1, 0.15) is 12.8 Å². The van der Waals surface area contributed by atoms with Gasteiger partial charge in [-0.15, -0.1) is 0 Å². The van der Waals surface area contributed by atoms with Gasteiger partial charge in [0.25, 0.3) is 0 Å². The molecule has 0 radical (unpaired) electrons. The Labute approximate surface area is 84.7 Å². The molecule has 2 aliphatic rings. The van der Waals surface area contributed by atoms with Crippen LogP contribution < -0.4 is 10.6 Å². The predicted molar refractivity (Wildman–Crippen MR) is 56.2 cm³/mol. The maximum atomic E-state index is 10.0. The number of rotatable bonds is 2. The highest BCUT2D eigenvalue weighted by Crippen LogP contribution is 2.22. The van der Waals surface area contributed by atoms with Crippen LogP contribution in [-0.2, 0) is 0 Å². The zero-order valence-corrected chi connectivity index (χ0v) is 8.63. The lowest BCUT2D eigenvalue weighted by Crippen LogP contribution is -2.40. The molecule has 3 N–H and O–H groups in total. The van der Waals surface area contributed by atoms with Gasteiger partial charge in [-0.05, 0) is 19.4 Å². The molecule has 0 amide bonds. The summed E-state index contributed by atoms with van der Waals surface area (Å²) in [4.78, 5) is 0. The lowest BCUT2D eigenvalue weighted by atomic mass is 9.94. The summed E-state index contributed by atoms with van der Waals surface area (Å²) in [5, 5.41) is 17.1. The number of hydrogen-bond acceptors (Lipinski definition) is 4. The third-order valence-corrected chi connectivity index (χ3v) is 3.53. The van der Waals surface area contributed by atoms with Gasteiger partial charge in [0.1, 0.15) is 0 Å². The molecule has 13 heavy (non-hydrogen) atoms. The molecule has 2 fully saturated rings. The molecule has 0 aromatic heterocycles. The first kappa shape index (κ1) is 9.77. The molecule has 0 aromatic rings. The van der Waals surface area contributed by atoms with Crippen molar-refractivity contribution in [3.63, 3.8) is 0 Å². The molecule has 2 saturated heterocycles. The van der Waals surface area contributed by atoms with Crippen molar-refractivity contribution in [1.82, 2.24) is 10.6 Å². The number of nitrogens with one attached hydrogen (secondary N) is 2. The van der Waals surface area contributed by atoms with E-state index in [1.807, 2.05) is 0 Å². The second kappa shape index (κ2) is 4.17. The predicted octanol–water partition coefficient (Wildman–Crippen LogP) is -0.383. The maximum absolute atomic E-state index is 10.0. The van der Waals surface area contributed by atoms with Gasteiger partial charge in [-0.1, -0.05) is 0 Å². The summed E-state index contributed by atoms with van der Waals surface area (Å²) in [5.74, 6) is 0.441. The average molecular weight is 202 g/mol. The van der Waals surface area contributed by atoms with Crippen LogP contribution in [0.25, 0.3) is 0 Å². The normalized spacial score (nSPS) is 42.5. The number of aliphatic hydroxyl groups is 1. The van der Waals surface area contributed by atoms with Crippen LogP contribution in [0.5, 0.6) is 0 Å². The third-order valence-electron chi connectivity index (χ3n) is 3.14. The topological polar surface area (TPSA) is 44.3 Å². The summed E-state index contributed by atoms with van der Waals surface area (Å²) in [6.45, 7) is 2.96. The van der Waals surface area contributed by atoms with Gasteiger partial charge in [0.15, 0.2) is 0 Å². The Morgan fingerprint density at radius 3 is 2.77 bits per heavy atom. The fourth-order valence-corrected chi connectivity index (χ4v) is 2.64. The summed E-state index contributed by atoms with van der Waals surface area (Å²) >= 11 is 4.40. The highest BCUT2D eigenvalue weighted by Gasteiger charge is 2.33. The Bertz CT molecular complexity index is 173. The van der Waals surface area contributed by atoms with E-state index in [9.17, 15) is 5.11 Å². The van der Waals surface area contributed by atoms with Crippen LogP contribution in [0.4, 0.5) is 0 Å². The lowest BCUT2D eigenvalue weighted by Gasteiger charge is -2.23. The first-order chi connectivity index (χ1) is 6.27. The third kappa shape index (κ3) is 2.18. The van der Waals surface area contributed by atoms with Crippen LogP contribution in [0.2, 0.25) is 0 Å². The van der Waals surface area contributed by atoms with Gasteiger partial charge < -0.3 is 15.7 Å². The Hall–Kier alpha value is 0.230. The molecule has 4 heteroatoms. The fourth-order valence-electron chi connectivity index (χ4n) is 2.30. The van der Waals surface area contributed by atoms with Crippen molar-refractivity contribution in [2.24, 2.45) is 5.92 Å². The number of thiol groups is 1. The zero-order chi connectivity index (χ0) is 9.26. The molecule has 4 atom stereocenters. The minimum Gasteiger partial charge on any atom is -0.391 e. The molecular weight excluding hydrogens is 184 g/mol. The summed E-state index contributed by atoms with van der Waals surface area (Å²) in [5.41, 5.74) is 0. The fraction of sp³-hybridized carbons (Fsp3) is 1.00. The number of aliphatic hydroxyl groups excluding tert-OH is 1. The number of hydrogen-bond donors (Lipinski definition) is 4. The van der Waals surface area contributed by atoms with Crippen LogP contribution in [0, 0.1) is 5.92 Å². The molecule has 3 nitrogen and oxygen atoms in total. The second-order valence-corrected chi connectivity index (χ2v) is 4.88. The summed E-state index contributed by atoms with van der Waals surface area (Å²) in [6, 6.07) is 0.271. The summed E-state index contributed by atoms with van der Waals surface area (Å²) < 4.78 is 0. The van der Waals surface area contributed by atoms with E-state index in [0.29, 0.717) is 11.2 Å². The van der Waals surface area contributed by atoms with Crippen molar-refractivity contribution in [3.8, 4) is 0 Å². The lowest BCUT2D eigenvalue weighted by molar-refractivity contribution is 0.0834. The van der Waals surface area contributed by atoms with Gasteiger partial charge in [-0.2, -0.15) is 12.6 Å². The highest BCUT2D eigenvalue weighted by atomic mass is 32.1. The van der Waals surface area contributed by atoms with Crippen LogP contribution >= 0.6 is 12.6 Å². The summed E-state index contributed by atoms with van der Waals surface area (Å²) in [7, 11) is 0. The van der Waals surface area contributed by atoms with Crippen LogP contribution in [-0.4, -0.2) is 42.1 Å². The molecule has 2 rings (SSSR count). The van der Waals surface area contributed by atoms with E-state index in [1.165, 1.54) is 0 Å². The smallest absolute Gasteiger partial charge is 0.0734 e. The molecule has 2 heterocycles. The standard InChI is InChI=1S/C9H18N2OS/c12-9(6-1-2-10-4-6)8-3-7(13)5-11-8/h6-13H,1-5H2/t6?,7-,8?,9+/m1/s1. The van der Waals surface area contributed by atoms with E-state index in [1.54, 1.807) is 0 Å². The molecule has 2 unspecified atom stereocenters. The van der Waals surface area contributed by atoms with E-state index < -0.39 is 0 Å². The molecule has 0 aliphatic carbocycles. The minimum atomic E-state index is -0.188. The Balaban J connectivity index is 1.85. The maximum Gasteiger partial charge on any atom is 0.0734 e. The first-order valence-electron chi connectivity index (χ1n) is 5.07. The quantitative estimate of drug-likeness (QED) is 0.462. The molecule has 0 saturated carbocycles. The molecule has 0 bridgehead atoms. The summed E-state index contributed by atoms with van der Waals surface area (Å²) in [6.07, 6.45) is 1.92. The van der Waals surface area contributed by atoms with Crippen molar-refractivity contribution >= 4 is 12.6 Å². The largest absolute Gasteiger partial charge is 0.391 e. The van der Waals surface area contributed by atoms with E-state index in [0.717, 1.165) is 32.5 Å². The van der Waals surface area contributed by atoms with Crippen molar-refractivity contribution in [1.29, 1.82) is 0 Å². The highest BCUT2D eigenvalue weighted by molar-refractivity contribution is 7.81. The van der Waals surface area contributed by atoms with Crippen molar-refractivity contribution < 1.29 is 5.11 Å². The molecular formula is C9H18N2OS. The molecule has 0 spiro atoms. The minimum absolute atomic E-state index is 0.188. The first-order valence-corrected chi connectivity index (χ1v) is 5.59. The SMILES string of the molecule is O[C@@H](C1CCNC1)C1C[C@@H](S)CN1. The van der Waals surface area contributed by atoms with Crippen LogP contribution in [0.3, 0.4) is 0 Å². The van der Waals surface area contributed by atoms with Gasteiger partial charge >= 0.3 is 0 Å².